The van der Waals surface area contributed by atoms with Crippen molar-refractivity contribution >= 4 is 32.9 Å². The molecule has 12 nitrogen and oxygen atoms in total. The standard InChI is InChI=1S/C14H11N5O7S/c1-27(25,26)16-18-13(21)9-4-11(17-3-2-8(6-17)7-20)12(19(23)24)5-10(9)15-14(18)22/h2-7,16H,1H3,(H,15,22). The first kappa shape index (κ1) is 18.1. The number of sulfonamides is 1. The van der Waals surface area contributed by atoms with Crippen LogP contribution in [0.25, 0.3) is 16.6 Å². The Hall–Kier alpha value is -3.74. The van der Waals surface area contributed by atoms with Crippen molar-refractivity contribution in [2.75, 3.05) is 11.1 Å². The Bertz CT molecular complexity index is 1320. The molecule has 0 saturated carbocycles. The molecule has 3 rings (SSSR count). The predicted molar refractivity (Wildman–Crippen MR) is 94.4 cm³/mol. The number of fused-ring (bicyclic) bond motifs is 1. The Morgan fingerprint density at radius 2 is 2.00 bits per heavy atom. The molecular weight excluding hydrogens is 382 g/mol. The second-order valence-electron chi connectivity index (χ2n) is 5.55. The van der Waals surface area contributed by atoms with E-state index in [1.165, 1.54) is 23.0 Å². The molecule has 2 N–H and O–H groups in total. The van der Waals surface area contributed by atoms with Gasteiger partial charge in [0, 0.05) is 24.0 Å². The van der Waals surface area contributed by atoms with Crippen LogP contribution in [0.2, 0.25) is 0 Å². The van der Waals surface area contributed by atoms with Gasteiger partial charge in [-0.2, -0.15) is 4.68 Å². The third-order valence-electron chi connectivity index (χ3n) is 3.58. The molecule has 140 valence electrons. The highest BCUT2D eigenvalue weighted by atomic mass is 32.2. The molecule has 0 saturated heterocycles. The minimum Gasteiger partial charge on any atom is -0.317 e. The van der Waals surface area contributed by atoms with Crippen LogP contribution in [0.1, 0.15) is 10.4 Å². The lowest BCUT2D eigenvalue weighted by molar-refractivity contribution is -0.384. The summed E-state index contributed by atoms with van der Waals surface area (Å²) in [5.74, 6) is 0. The monoisotopic (exact) mass is 393 g/mol. The van der Waals surface area contributed by atoms with Gasteiger partial charge >= 0.3 is 5.69 Å². The number of aldehydes is 1. The number of benzene rings is 1. The Morgan fingerprint density at radius 1 is 1.30 bits per heavy atom. The zero-order valence-electron chi connectivity index (χ0n) is 13.6. The van der Waals surface area contributed by atoms with Crippen molar-refractivity contribution in [2.24, 2.45) is 0 Å². The van der Waals surface area contributed by atoms with Gasteiger partial charge in [0.2, 0.25) is 10.0 Å². The maximum absolute atomic E-state index is 12.5. The summed E-state index contributed by atoms with van der Waals surface area (Å²) >= 11 is 0. The van der Waals surface area contributed by atoms with Crippen LogP contribution in [0.5, 0.6) is 0 Å². The average Bonchev–Trinajstić information content (AvgIpc) is 3.05. The van der Waals surface area contributed by atoms with Gasteiger partial charge < -0.3 is 9.55 Å². The highest BCUT2D eigenvalue weighted by Gasteiger charge is 2.20. The van der Waals surface area contributed by atoms with E-state index in [0.717, 1.165) is 18.4 Å². The van der Waals surface area contributed by atoms with Gasteiger partial charge in [0.1, 0.15) is 5.69 Å². The molecule has 0 spiro atoms. The highest BCUT2D eigenvalue weighted by molar-refractivity contribution is 7.91. The Balaban J connectivity index is 2.37. The number of carbonyl (C=O) groups excluding carboxylic acids is 1. The van der Waals surface area contributed by atoms with Gasteiger partial charge in [-0.25, -0.2) is 18.0 Å². The summed E-state index contributed by atoms with van der Waals surface area (Å²) in [5, 5.41) is 11.2. The number of hydrogen-bond donors (Lipinski definition) is 2. The molecule has 27 heavy (non-hydrogen) atoms. The van der Waals surface area contributed by atoms with Crippen LogP contribution in [0.15, 0.2) is 40.2 Å². The van der Waals surface area contributed by atoms with E-state index in [2.05, 4.69) is 4.98 Å². The summed E-state index contributed by atoms with van der Waals surface area (Å²) in [4.78, 5) is 50.0. The third-order valence-corrected chi connectivity index (χ3v) is 4.09. The lowest BCUT2D eigenvalue weighted by Gasteiger charge is -2.09. The van der Waals surface area contributed by atoms with Gasteiger partial charge in [-0.3, -0.25) is 19.7 Å². The van der Waals surface area contributed by atoms with Crippen molar-refractivity contribution < 1.29 is 18.1 Å². The first-order chi connectivity index (χ1) is 12.6. The van der Waals surface area contributed by atoms with E-state index >= 15 is 0 Å². The molecule has 0 fully saturated rings. The summed E-state index contributed by atoms with van der Waals surface area (Å²) in [6.07, 6.45) is 4.01. The molecule has 0 bridgehead atoms. The van der Waals surface area contributed by atoms with Crippen LogP contribution < -0.4 is 16.1 Å². The molecule has 0 atom stereocenters. The number of nitrogens with zero attached hydrogens (tertiary/aromatic N) is 3. The van der Waals surface area contributed by atoms with Gasteiger partial charge in [0.25, 0.3) is 11.2 Å². The Morgan fingerprint density at radius 3 is 2.56 bits per heavy atom. The fourth-order valence-electron chi connectivity index (χ4n) is 2.48. The first-order valence-corrected chi connectivity index (χ1v) is 9.08. The van der Waals surface area contributed by atoms with E-state index in [1.807, 2.05) is 0 Å². The zero-order chi connectivity index (χ0) is 19.9. The molecule has 0 unspecified atom stereocenters. The molecule has 1 aromatic carbocycles. The SMILES string of the molecule is CS(=O)(=O)Nn1c(=O)[nH]c2cc([N+](=O)[O-])c(-n3ccc(C=O)c3)cc2c1=O. The smallest absolute Gasteiger partial charge is 0.317 e. The molecule has 0 aliphatic rings. The fourth-order valence-corrected chi connectivity index (χ4v) is 2.97. The van der Waals surface area contributed by atoms with Gasteiger partial charge in [0.15, 0.2) is 6.29 Å². The Labute approximate surface area is 149 Å². The molecule has 0 aliphatic carbocycles. The van der Waals surface area contributed by atoms with Gasteiger partial charge in [-0.15, -0.1) is 0 Å². The predicted octanol–water partition coefficient (Wildman–Crippen LogP) is -0.296. The lowest BCUT2D eigenvalue weighted by Crippen LogP contribution is -2.43. The third kappa shape index (κ3) is 3.35. The maximum atomic E-state index is 12.5. The largest absolute Gasteiger partial charge is 0.348 e. The maximum Gasteiger partial charge on any atom is 0.348 e. The number of aromatic amines is 1. The number of nitro benzene ring substituents is 1. The van der Waals surface area contributed by atoms with Crippen LogP contribution in [0, 0.1) is 10.1 Å². The minimum absolute atomic E-state index is 0.0457. The molecule has 0 aliphatic heterocycles. The summed E-state index contributed by atoms with van der Waals surface area (Å²) < 4.78 is 24.2. The molecule has 2 aromatic heterocycles. The van der Waals surface area contributed by atoms with Crippen LogP contribution in [-0.2, 0) is 10.0 Å². The van der Waals surface area contributed by atoms with Crippen LogP contribution in [0.3, 0.4) is 0 Å². The summed E-state index contributed by atoms with van der Waals surface area (Å²) in [6.45, 7) is 0. The van der Waals surface area contributed by atoms with E-state index in [-0.39, 0.29) is 26.8 Å². The lowest BCUT2D eigenvalue weighted by atomic mass is 10.2. The zero-order valence-corrected chi connectivity index (χ0v) is 14.4. The van der Waals surface area contributed by atoms with Crippen molar-refractivity contribution in [1.29, 1.82) is 0 Å². The summed E-state index contributed by atoms with van der Waals surface area (Å²) in [6, 6.07) is 3.52. The van der Waals surface area contributed by atoms with Crippen LogP contribution >= 0.6 is 0 Å². The van der Waals surface area contributed by atoms with Gasteiger partial charge in [-0.1, -0.05) is 0 Å². The Kier molecular flexibility index (Phi) is 4.15. The fraction of sp³-hybridized carbons (Fsp3) is 0.0714. The molecular formula is C14H11N5O7S. The minimum atomic E-state index is -3.93. The second kappa shape index (κ2) is 6.21. The number of carbonyl (C=O) groups is 1. The average molecular weight is 393 g/mol. The number of nitro groups is 1. The van der Waals surface area contributed by atoms with Crippen LogP contribution in [0.4, 0.5) is 5.69 Å². The number of H-pyrrole nitrogens is 1. The number of nitrogens with one attached hydrogen (secondary N) is 2. The number of hydrogen-bond acceptors (Lipinski definition) is 7. The van der Waals surface area contributed by atoms with Crippen molar-refractivity contribution in [3.05, 3.63) is 67.1 Å². The highest BCUT2D eigenvalue weighted by Crippen LogP contribution is 2.26. The molecule has 13 heteroatoms. The summed E-state index contributed by atoms with van der Waals surface area (Å²) in [7, 11) is -3.93. The molecule has 0 radical (unpaired) electrons. The van der Waals surface area contributed by atoms with E-state index in [4.69, 9.17) is 0 Å². The van der Waals surface area contributed by atoms with Crippen molar-refractivity contribution in [3.8, 4) is 5.69 Å². The normalized spacial score (nSPS) is 11.4. The molecule has 0 amide bonds. The van der Waals surface area contributed by atoms with E-state index in [9.17, 15) is 32.9 Å². The van der Waals surface area contributed by atoms with Gasteiger partial charge in [-0.05, 0) is 12.1 Å². The molecule has 2 heterocycles. The second-order valence-corrected chi connectivity index (χ2v) is 7.27. The first-order valence-electron chi connectivity index (χ1n) is 7.19. The number of rotatable bonds is 5. The van der Waals surface area contributed by atoms with Crippen molar-refractivity contribution in [1.82, 2.24) is 14.2 Å². The van der Waals surface area contributed by atoms with Crippen molar-refractivity contribution in [3.63, 3.8) is 0 Å². The van der Waals surface area contributed by atoms with E-state index in [1.54, 1.807) is 4.83 Å². The summed E-state index contributed by atoms with van der Waals surface area (Å²) in [5.41, 5.74) is -2.49. The van der Waals surface area contributed by atoms with Crippen molar-refractivity contribution in [2.45, 2.75) is 0 Å². The van der Waals surface area contributed by atoms with E-state index < -0.39 is 31.9 Å². The number of aromatic nitrogens is 3. The topological polar surface area (TPSA) is 166 Å². The van der Waals surface area contributed by atoms with E-state index in [0.29, 0.717) is 6.29 Å². The quantitative estimate of drug-likeness (QED) is 0.341. The van der Waals surface area contributed by atoms with Gasteiger partial charge in [0.05, 0.1) is 22.1 Å². The van der Waals surface area contributed by atoms with Crippen LogP contribution in [-0.4, -0.2) is 40.1 Å². The molecule has 3 aromatic rings.